The Morgan fingerprint density at radius 3 is 2.48 bits per heavy atom. The average Bonchev–Trinajstić information content (AvgIpc) is 2.64. The number of benzene rings is 2. The molecular weight excluding hydrogens is 353 g/mol. The zero-order valence-corrected chi connectivity index (χ0v) is 15.5. The van der Waals surface area contributed by atoms with Crippen LogP contribution < -0.4 is 0 Å². The zero-order valence-electron chi connectivity index (χ0n) is 15.5. The summed E-state index contributed by atoms with van der Waals surface area (Å²) in [5, 5.41) is 9.33. The third kappa shape index (κ3) is 5.51. The van der Waals surface area contributed by atoms with E-state index in [1.54, 1.807) is 12.1 Å². The number of ether oxygens (including phenoxy) is 1. The molecule has 0 aromatic heterocycles. The molecule has 0 aliphatic carbocycles. The van der Waals surface area contributed by atoms with Crippen LogP contribution in [0.1, 0.15) is 32.3 Å². The van der Waals surface area contributed by atoms with E-state index in [0.717, 1.165) is 5.56 Å². The number of hydrogen-bond acceptors (Lipinski definition) is 5. The minimum atomic E-state index is -1.16. The van der Waals surface area contributed by atoms with Crippen molar-refractivity contribution in [1.82, 2.24) is 0 Å². The molecule has 0 saturated heterocycles. The molecule has 0 aliphatic rings. The van der Waals surface area contributed by atoms with E-state index in [4.69, 9.17) is 4.74 Å². The molecule has 7 heteroatoms. The van der Waals surface area contributed by atoms with Crippen LogP contribution in [0.2, 0.25) is 0 Å². The molecule has 0 fully saturated rings. The van der Waals surface area contributed by atoms with E-state index in [1.165, 1.54) is 19.9 Å². The van der Waals surface area contributed by atoms with E-state index in [9.17, 15) is 19.3 Å². The van der Waals surface area contributed by atoms with Crippen molar-refractivity contribution in [3.8, 4) is 11.1 Å². The third-order valence-corrected chi connectivity index (χ3v) is 4.19. The maximum atomic E-state index is 14.5. The molecule has 27 heavy (non-hydrogen) atoms. The molecule has 144 valence electrons. The van der Waals surface area contributed by atoms with Gasteiger partial charge in [0, 0.05) is 11.5 Å². The number of hydrogen-bond donors (Lipinski definition) is 0. The molecule has 2 aromatic rings. The van der Waals surface area contributed by atoms with E-state index in [0.29, 0.717) is 11.1 Å². The second-order valence-electron chi connectivity index (χ2n) is 6.99. The first-order chi connectivity index (χ1) is 12.7. The monoisotopic (exact) mass is 375 g/mol. The summed E-state index contributed by atoms with van der Waals surface area (Å²) in [6, 6.07) is 14.1. The molecule has 0 spiro atoms. The van der Waals surface area contributed by atoms with E-state index in [-0.39, 0.29) is 18.3 Å². The van der Waals surface area contributed by atoms with Crippen molar-refractivity contribution >= 4 is 5.97 Å². The van der Waals surface area contributed by atoms with Gasteiger partial charge in [0.05, 0.1) is 12.0 Å². The van der Waals surface area contributed by atoms with Crippen LogP contribution in [0.5, 0.6) is 0 Å². The smallest absolute Gasteiger partial charge is 0.313 e. The van der Waals surface area contributed by atoms with Crippen LogP contribution in [0.4, 0.5) is 4.39 Å². The summed E-state index contributed by atoms with van der Waals surface area (Å²) in [5.41, 5.74) is 0.823. The number of rotatable bonds is 8. The lowest BCUT2D eigenvalue weighted by Crippen LogP contribution is -2.33. The summed E-state index contributed by atoms with van der Waals surface area (Å²) in [6.45, 7) is 4.44. The van der Waals surface area contributed by atoms with Crippen molar-refractivity contribution in [2.75, 3.05) is 13.2 Å². The second-order valence-corrected chi connectivity index (χ2v) is 6.99. The van der Waals surface area contributed by atoms with Crippen molar-refractivity contribution in [1.29, 1.82) is 0 Å². The van der Waals surface area contributed by atoms with Gasteiger partial charge >= 0.3 is 5.97 Å². The van der Waals surface area contributed by atoms with Crippen LogP contribution in [0.3, 0.4) is 0 Å². The van der Waals surface area contributed by atoms with Crippen LogP contribution in [-0.2, 0) is 14.4 Å². The molecule has 0 saturated carbocycles. The highest BCUT2D eigenvalue weighted by Gasteiger charge is 2.31. The maximum absolute atomic E-state index is 14.5. The predicted octanol–water partition coefficient (Wildman–Crippen LogP) is 4.37. The molecule has 6 nitrogen and oxygen atoms in total. The number of nitrogens with zero attached hydrogens (tertiary/aromatic N) is 1. The Morgan fingerprint density at radius 1 is 1.22 bits per heavy atom. The van der Waals surface area contributed by atoms with Crippen LogP contribution in [0.15, 0.2) is 48.5 Å². The molecule has 0 heterocycles. The highest BCUT2D eigenvalue weighted by atomic mass is 19.1. The van der Waals surface area contributed by atoms with E-state index >= 15 is 0 Å². The predicted molar refractivity (Wildman–Crippen MR) is 97.9 cm³/mol. The Hall–Kier alpha value is -2.96. The van der Waals surface area contributed by atoms with Gasteiger partial charge in [-0.25, -0.2) is 4.39 Å². The quantitative estimate of drug-likeness (QED) is 0.389. The standard InChI is InChI=1S/C20H22FNO5/c1-14(12-26-19(23)20(2,3)13-27-22(24)25)16-9-10-17(18(21)11-16)15-7-5-4-6-8-15/h4-11,14H,12-13H2,1-3H3/t14-/m0/s1. The molecule has 0 aliphatic heterocycles. The summed E-state index contributed by atoms with van der Waals surface area (Å²) in [5.74, 6) is -1.20. The van der Waals surface area contributed by atoms with Gasteiger partial charge < -0.3 is 9.57 Å². The van der Waals surface area contributed by atoms with Gasteiger partial charge in [-0.1, -0.05) is 49.4 Å². The van der Waals surface area contributed by atoms with Crippen LogP contribution in [0, 0.1) is 21.3 Å². The summed E-state index contributed by atoms with van der Waals surface area (Å²) in [6.07, 6.45) is 0. The van der Waals surface area contributed by atoms with Crippen molar-refractivity contribution < 1.29 is 23.8 Å². The van der Waals surface area contributed by atoms with Crippen molar-refractivity contribution in [3.63, 3.8) is 0 Å². The first-order valence-corrected chi connectivity index (χ1v) is 8.50. The van der Waals surface area contributed by atoms with Gasteiger partial charge in [-0.2, -0.15) is 0 Å². The lowest BCUT2D eigenvalue weighted by molar-refractivity contribution is -0.760. The minimum absolute atomic E-state index is 0.0326. The van der Waals surface area contributed by atoms with Crippen molar-refractivity contribution in [2.45, 2.75) is 26.7 Å². The van der Waals surface area contributed by atoms with E-state index < -0.39 is 23.1 Å². The minimum Gasteiger partial charge on any atom is -0.465 e. The van der Waals surface area contributed by atoms with Crippen LogP contribution in [-0.4, -0.2) is 24.3 Å². The SMILES string of the molecule is C[C@@H](COC(=O)C(C)(C)CO[N+](=O)[O-])c1ccc(-c2ccccc2)c(F)c1. The molecule has 1 atom stereocenters. The van der Waals surface area contributed by atoms with Crippen molar-refractivity contribution in [2.24, 2.45) is 5.41 Å². The molecular formula is C20H22FNO5. The van der Waals surface area contributed by atoms with E-state index in [1.807, 2.05) is 37.3 Å². The molecule has 0 bridgehead atoms. The number of halogens is 1. The Labute approximate surface area is 157 Å². The molecule has 2 aromatic carbocycles. The topological polar surface area (TPSA) is 78.7 Å². The number of carbonyl (C=O) groups excluding carboxylic acids is 1. The van der Waals surface area contributed by atoms with Gasteiger partial charge in [0.1, 0.15) is 12.4 Å². The normalized spacial score (nSPS) is 12.3. The number of carbonyl (C=O) groups is 1. The van der Waals surface area contributed by atoms with Crippen LogP contribution >= 0.6 is 0 Å². The second kappa shape index (κ2) is 8.62. The lowest BCUT2D eigenvalue weighted by Gasteiger charge is -2.22. The van der Waals surface area contributed by atoms with Crippen LogP contribution in [0.25, 0.3) is 11.1 Å². The summed E-state index contributed by atoms with van der Waals surface area (Å²) in [4.78, 5) is 26.7. The van der Waals surface area contributed by atoms with Gasteiger partial charge in [-0.15, -0.1) is 10.1 Å². The Bertz CT molecular complexity index is 807. The van der Waals surface area contributed by atoms with Gasteiger partial charge in [0.15, 0.2) is 0 Å². The molecule has 0 N–H and O–H groups in total. The maximum Gasteiger partial charge on any atom is 0.313 e. The average molecular weight is 375 g/mol. The Morgan fingerprint density at radius 2 is 1.89 bits per heavy atom. The lowest BCUT2D eigenvalue weighted by atomic mass is 9.95. The van der Waals surface area contributed by atoms with Gasteiger partial charge in [-0.3, -0.25) is 4.79 Å². The summed E-state index contributed by atoms with van der Waals surface area (Å²) >= 11 is 0. The number of esters is 1. The zero-order chi connectivity index (χ0) is 20.0. The van der Waals surface area contributed by atoms with Crippen molar-refractivity contribution in [3.05, 3.63) is 70.0 Å². The van der Waals surface area contributed by atoms with Gasteiger partial charge in [0.25, 0.3) is 5.09 Å². The first kappa shape index (κ1) is 20.4. The molecule has 0 unspecified atom stereocenters. The largest absolute Gasteiger partial charge is 0.465 e. The Balaban J connectivity index is 2.00. The first-order valence-electron chi connectivity index (χ1n) is 8.50. The highest BCUT2D eigenvalue weighted by molar-refractivity contribution is 5.76. The van der Waals surface area contributed by atoms with Gasteiger partial charge in [0.2, 0.25) is 0 Å². The summed E-state index contributed by atoms with van der Waals surface area (Å²) < 4.78 is 19.7. The van der Waals surface area contributed by atoms with E-state index in [2.05, 4.69) is 4.84 Å². The summed E-state index contributed by atoms with van der Waals surface area (Å²) in [7, 11) is 0. The third-order valence-electron chi connectivity index (χ3n) is 4.19. The molecule has 0 radical (unpaired) electrons. The van der Waals surface area contributed by atoms with Gasteiger partial charge in [-0.05, 0) is 31.0 Å². The fourth-order valence-corrected chi connectivity index (χ4v) is 2.45. The molecule has 0 amide bonds. The highest BCUT2D eigenvalue weighted by Crippen LogP contribution is 2.27. The Kier molecular flexibility index (Phi) is 6.50. The fraction of sp³-hybridized carbons (Fsp3) is 0.350. The molecule has 2 rings (SSSR count). The fourth-order valence-electron chi connectivity index (χ4n) is 2.45.